The summed E-state index contributed by atoms with van der Waals surface area (Å²) in [5, 5.41) is 3.07. The number of carbonyl (C=O) groups is 1. The van der Waals surface area contributed by atoms with Crippen LogP contribution in [0.15, 0.2) is 0 Å². The molecule has 18 heavy (non-hydrogen) atoms. The summed E-state index contributed by atoms with van der Waals surface area (Å²) >= 11 is 0. The average Bonchev–Trinajstić information content (AvgIpc) is 2.37. The molecule has 5 nitrogen and oxygen atoms in total. The topological polar surface area (TPSA) is 44.8 Å². The van der Waals surface area contributed by atoms with E-state index in [1.807, 2.05) is 11.9 Å². The number of rotatable bonds is 7. The molecule has 1 aliphatic heterocycles. The number of hydrogen-bond acceptors (Lipinski definition) is 4. The van der Waals surface area contributed by atoms with Crippen LogP contribution in [-0.4, -0.2) is 75.2 Å². The smallest absolute Gasteiger partial charge is 0.222 e. The Hall–Kier alpha value is -0.650. The summed E-state index contributed by atoms with van der Waals surface area (Å²) < 4.78 is 5.10. The third kappa shape index (κ3) is 4.92. The molecule has 1 unspecified atom stereocenters. The van der Waals surface area contributed by atoms with Crippen LogP contribution in [0.1, 0.15) is 19.8 Å². The van der Waals surface area contributed by atoms with Crippen LogP contribution in [0.3, 0.4) is 0 Å². The fourth-order valence-corrected chi connectivity index (χ4v) is 2.34. The molecule has 0 saturated carbocycles. The van der Waals surface area contributed by atoms with Gasteiger partial charge in [-0.05, 0) is 26.9 Å². The number of piperazine rings is 1. The minimum atomic E-state index is 0.295. The molecule has 1 heterocycles. The average molecular weight is 257 g/mol. The van der Waals surface area contributed by atoms with Gasteiger partial charge in [0.15, 0.2) is 0 Å². The van der Waals surface area contributed by atoms with E-state index in [4.69, 9.17) is 4.74 Å². The van der Waals surface area contributed by atoms with Gasteiger partial charge in [0.1, 0.15) is 0 Å². The highest BCUT2D eigenvalue weighted by Crippen LogP contribution is 2.10. The van der Waals surface area contributed by atoms with Crippen LogP contribution in [-0.2, 0) is 9.53 Å². The van der Waals surface area contributed by atoms with E-state index >= 15 is 0 Å². The zero-order valence-electron chi connectivity index (χ0n) is 11.9. The second-order valence-electron chi connectivity index (χ2n) is 4.92. The molecule has 0 spiro atoms. The molecular formula is C13H27N3O2. The first-order valence-corrected chi connectivity index (χ1v) is 6.84. The van der Waals surface area contributed by atoms with E-state index < -0.39 is 0 Å². The van der Waals surface area contributed by atoms with E-state index in [1.165, 1.54) is 0 Å². The van der Waals surface area contributed by atoms with E-state index in [0.29, 0.717) is 18.4 Å². The first-order valence-electron chi connectivity index (χ1n) is 6.84. The molecule has 1 N–H and O–H groups in total. The van der Waals surface area contributed by atoms with E-state index in [-0.39, 0.29) is 0 Å². The zero-order valence-corrected chi connectivity index (χ0v) is 11.9. The third-order valence-electron chi connectivity index (χ3n) is 3.52. The molecule has 0 aliphatic carbocycles. The molecule has 1 saturated heterocycles. The van der Waals surface area contributed by atoms with Gasteiger partial charge in [-0.1, -0.05) is 0 Å². The van der Waals surface area contributed by atoms with Gasteiger partial charge in [0.25, 0.3) is 0 Å². The number of hydrogen-bond donors (Lipinski definition) is 1. The SMILES string of the molecule is CNCCCC(=O)N1CCN(CCOC)C(C)C1. The first-order chi connectivity index (χ1) is 8.69. The lowest BCUT2D eigenvalue weighted by molar-refractivity contribution is -0.134. The van der Waals surface area contributed by atoms with Crippen LogP contribution in [0.5, 0.6) is 0 Å². The Morgan fingerprint density at radius 3 is 2.83 bits per heavy atom. The van der Waals surface area contributed by atoms with Crippen molar-refractivity contribution in [1.29, 1.82) is 0 Å². The second-order valence-corrected chi connectivity index (χ2v) is 4.92. The van der Waals surface area contributed by atoms with Crippen LogP contribution < -0.4 is 5.32 Å². The number of ether oxygens (including phenoxy) is 1. The summed E-state index contributed by atoms with van der Waals surface area (Å²) in [5.74, 6) is 0.295. The van der Waals surface area contributed by atoms with Gasteiger partial charge in [-0.2, -0.15) is 0 Å². The summed E-state index contributed by atoms with van der Waals surface area (Å²) in [4.78, 5) is 16.4. The van der Waals surface area contributed by atoms with Crippen molar-refractivity contribution in [1.82, 2.24) is 15.1 Å². The van der Waals surface area contributed by atoms with Crippen LogP contribution >= 0.6 is 0 Å². The molecule has 5 heteroatoms. The van der Waals surface area contributed by atoms with E-state index in [1.54, 1.807) is 7.11 Å². The Labute approximate surface area is 110 Å². The summed E-state index contributed by atoms with van der Waals surface area (Å²) in [5.41, 5.74) is 0. The molecule has 1 atom stereocenters. The Balaban J connectivity index is 2.28. The van der Waals surface area contributed by atoms with Gasteiger partial charge in [-0.25, -0.2) is 0 Å². The lowest BCUT2D eigenvalue weighted by Gasteiger charge is -2.39. The normalized spacial score (nSPS) is 21.3. The fraction of sp³-hybridized carbons (Fsp3) is 0.923. The molecular weight excluding hydrogens is 230 g/mol. The largest absolute Gasteiger partial charge is 0.383 e. The summed E-state index contributed by atoms with van der Waals surface area (Å²) in [6.07, 6.45) is 1.58. The van der Waals surface area contributed by atoms with Crippen LogP contribution in [0.25, 0.3) is 0 Å². The summed E-state index contributed by atoms with van der Waals surface area (Å²) in [7, 11) is 3.65. The van der Waals surface area contributed by atoms with Gasteiger partial charge < -0.3 is 15.0 Å². The molecule has 0 bridgehead atoms. The maximum atomic E-state index is 12.0. The predicted octanol–water partition coefficient (Wildman–Crippen LogP) is 0.165. The molecule has 1 fully saturated rings. The van der Waals surface area contributed by atoms with Crippen molar-refractivity contribution in [2.45, 2.75) is 25.8 Å². The molecule has 1 aliphatic rings. The zero-order chi connectivity index (χ0) is 13.4. The quantitative estimate of drug-likeness (QED) is 0.660. The highest BCUT2D eigenvalue weighted by Gasteiger charge is 2.25. The lowest BCUT2D eigenvalue weighted by atomic mass is 10.1. The van der Waals surface area contributed by atoms with Gasteiger partial charge >= 0.3 is 0 Å². The molecule has 0 radical (unpaired) electrons. The van der Waals surface area contributed by atoms with E-state index in [2.05, 4.69) is 17.1 Å². The van der Waals surface area contributed by atoms with Crippen molar-refractivity contribution >= 4 is 5.91 Å². The molecule has 0 aromatic heterocycles. The minimum Gasteiger partial charge on any atom is -0.383 e. The van der Waals surface area contributed by atoms with Gasteiger partial charge in [0.05, 0.1) is 6.61 Å². The Morgan fingerprint density at radius 2 is 2.22 bits per heavy atom. The Kier molecular flexibility index (Phi) is 7.23. The number of nitrogens with zero attached hydrogens (tertiary/aromatic N) is 2. The Bertz CT molecular complexity index is 248. The van der Waals surface area contributed by atoms with Gasteiger partial charge in [0.2, 0.25) is 5.91 Å². The molecule has 0 aromatic rings. The number of methoxy groups -OCH3 is 1. The van der Waals surface area contributed by atoms with Gasteiger partial charge in [-0.3, -0.25) is 9.69 Å². The van der Waals surface area contributed by atoms with E-state index in [0.717, 1.165) is 45.8 Å². The standard InChI is InChI=1S/C13H27N3O2/c1-12-11-16(13(17)5-4-6-14-2)8-7-15(12)9-10-18-3/h12,14H,4-11H2,1-3H3. The van der Waals surface area contributed by atoms with Crippen LogP contribution in [0.4, 0.5) is 0 Å². The van der Waals surface area contributed by atoms with Crippen molar-refractivity contribution < 1.29 is 9.53 Å². The van der Waals surface area contributed by atoms with Crippen molar-refractivity contribution in [2.75, 3.05) is 53.5 Å². The monoisotopic (exact) mass is 257 g/mol. The highest BCUT2D eigenvalue weighted by atomic mass is 16.5. The highest BCUT2D eigenvalue weighted by molar-refractivity contribution is 5.76. The van der Waals surface area contributed by atoms with Crippen molar-refractivity contribution in [2.24, 2.45) is 0 Å². The molecule has 106 valence electrons. The van der Waals surface area contributed by atoms with Crippen LogP contribution in [0.2, 0.25) is 0 Å². The number of amides is 1. The maximum Gasteiger partial charge on any atom is 0.222 e. The molecule has 1 rings (SSSR count). The Morgan fingerprint density at radius 1 is 1.44 bits per heavy atom. The molecule has 1 amide bonds. The predicted molar refractivity (Wildman–Crippen MR) is 72.7 cm³/mol. The number of nitrogens with one attached hydrogen (secondary N) is 1. The van der Waals surface area contributed by atoms with Crippen molar-refractivity contribution in [3.8, 4) is 0 Å². The lowest BCUT2D eigenvalue weighted by Crippen LogP contribution is -2.54. The van der Waals surface area contributed by atoms with Crippen molar-refractivity contribution in [3.05, 3.63) is 0 Å². The second kappa shape index (κ2) is 8.45. The van der Waals surface area contributed by atoms with Crippen LogP contribution in [0, 0.1) is 0 Å². The molecule has 0 aromatic carbocycles. The first kappa shape index (κ1) is 15.4. The minimum absolute atomic E-state index is 0.295. The van der Waals surface area contributed by atoms with Gasteiger partial charge in [-0.15, -0.1) is 0 Å². The fourth-order valence-electron chi connectivity index (χ4n) is 2.34. The summed E-state index contributed by atoms with van der Waals surface area (Å²) in [6.45, 7) is 7.48. The third-order valence-corrected chi connectivity index (χ3v) is 3.52. The summed E-state index contributed by atoms with van der Waals surface area (Å²) in [6, 6.07) is 0.433. The van der Waals surface area contributed by atoms with Gasteiger partial charge in [0, 0.05) is 45.8 Å². The maximum absolute atomic E-state index is 12.0. The van der Waals surface area contributed by atoms with Crippen molar-refractivity contribution in [3.63, 3.8) is 0 Å². The van der Waals surface area contributed by atoms with E-state index in [9.17, 15) is 4.79 Å². The number of carbonyl (C=O) groups excluding carboxylic acids is 1.